The molecule has 0 aromatic rings. The predicted molar refractivity (Wildman–Crippen MR) is 94.9 cm³/mol. The van der Waals surface area contributed by atoms with Crippen LogP contribution in [0.25, 0.3) is 0 Å². The first kappa shape index (κ1) is 21.8. The van der Waals surface area contributed by atoms with Crippen LogP contribution in [-0.2, 0) is 0 Å². The summed E-state index contributed by atoms with van der Waals surface area (Å²) in [5.41, 5.74) is 0. The van der Waals surface area contributed by atoms with Gasteiger partial charge in [0.2, 0.25) is 0 Å². The molecule has 0 radical (unpaired) electrons. The SMILES string of the molecule is CCCCNC(=NCC1CCN(CC(F)(F)F)C1)NCC.I. The van der Waals surface area contributed by atoms with Crippen LogP contribution in [0.1, 0.15) is 33.1 Å². The van der Waals surface area contributed by atoms with E-state index < -0.39 is 12.7 Å². The third-order valence-electron chi connectivity index (χ3n) is 3.45. The highest BCUT2D eigenvalue weighted by Gasteiger charge is 2.34. The van der Waals surface area contributed by atoms with Crippen molar-refractivity contribution < 1.29 is 13.2 Å². The first-order valence-corrected chi connectivity index (χ1v) is 7.76. The van der Waals surface area contributed by atoms with Crippen molar-refractivity contribution in [2.45, 2.75) is 39.3 Å². The van der Waals surface area contributed by atoms with E-state index in [-0.39, 0.29) is 29.9 Å². The Bertz CT molecular complexity index is 324. The molecule has 0 aliphatic carbocycles. The van der Waals surface area contributed by atoms with Crippen molar-refractivity contribution in [3.63, 3.8) is 0 Å². The van der Waals surface area contributed by atoms with Crippen LogP contribution in [0, 0.1) is 5.92 Å². The van der Waals surface area contributed by atoms with Gasteiger partial charge in [0, 0.05) is 26.2 Å². The minimum absolute atomic E-state index is 0. The van der Waals surface area contributed by atoms with E-state index in [1.165, 1.54) is 4.90 Å². The third-order valence-corrected chi connectivity index (χ3v) is 3.45. The summed E-state index contributed by atoms with van der Waals surface area (Å²) in [4.78, 5) is 5.95. The van der Waals surface area contributed by atoms with Gasteiger partial charge in [-0.1, -0.05) is 13.3 Å². The monoisotopic (exact) mass is 436 g/mol. The van der Waals surface area contributed by atoms with Gasteiger partial charge in [-0.2, -0.15) is 13.2 Å². The van der Waals surface area contributed by atoms with Gasteiger partial charge in [-0.25, -0.2) is 0 Å². The maximum atomic E-state index is 12.3. The molecule has 1 atom stereocenters. The van der Waals surface area contributed by atoms with E-state index in [1.54, 1.807) is 0 Å². The number of halogens is 4. The summed E-state index contributed by atoms with van der Waals surface area (Å²) in [6, 6.07) is 0. The quantitative estimate of drug-likeness (QED) is 0.279. The van der Waals surface area contributed by atoms with E-state index in [9.17, 15) is 13.2 Å². The molecule has 1 fully saturated rings. The lowest BCUT2D eigenvalue weighted by atomic mass is 10.1. The molecule has 2 N–H and O–H groups in total. The Balaban J connectivity index is 0.00000441. The van der Waals surface area contributed by atoms with Gasteiger partial charge in [-0.05, 0) is 32.2 Å². The van der Waals surface area contributed by atoms with E-state index in [2.05, 4.69) is 22.5 Å². The second-order valence-corrected chi connectivity index (χ2v) is 5.50. The van der Waals surface area contributed by atoms with Crippen molar-refractivity contribution in [3.05, 3.63) is 0 Å². The Labute approximate surface area is 148 Å². The molecule has 4 nitrogen and oxygen atoms in total. The zero-order valence-corrected chi connectivity index (χ0v) is 15.7. The van der Waals surface area contributed by atoms with Crippen LogP contribution in [-0.4, -0.2) is 56.3 Å². The first-order chi connectivity index (χ1) is 9.94. The van der Waals surface area contributed by atoms with E-state index in [0.29, 0.717) is 19.6 Å². The Morgan fingerprint density at radius 2 is 2.00 bits per heavy atom. The van der Waals surface area contributed by atoms with Crippen LogP contribution in [0.2, 0.25) is 0 Å². The number of alkyl halides is 3. The van der Waals surface area contributed by atoms with E-state index in [0.717, 1.165) is 38.3 Å². The van der Waals surface area contributed by atoms with E-state index in [4.69, 9.17) is 0 Å². The second kappa shape index (κ2) is 11.3. The van der Waals surface area contributed by atoms with Gasteiger partial charge < -0.3 is 10.6 Å². The minimum Gasteiger partial charge on any atom is -0.357 e. The van der Waals surface area contributed by atoms with Crippen molar-refractivity contribution in [2.75, 3.05) is 39.3 Å². The maximum Gasteiger partial charge on any atom is 0.401 e. The maximum absolute atomic E-state index is 12.3. The number of rotatable bonds is 7. The van der Waals surface area contributed by atoms with Crippen LogP contribution in [0.15, 0.2) is 4.99 Å². The topological polar surface area (TPSA) is 39.7 Å². The smallest absolute Gasteiger partial charge is 0.357 e. The average molecular weight is 436 g/mol. The first-order valence-electron chi connectivity index (χ1n) is 7.76. The molecule has 0 bridgehead atoms. The largest absolute Gasteiger partial charge is 0.401 e. The molecular weight excluding hydrogens is 408 g/mol. The number of aliphatic imine (C=N–C) groups is 1. The lowest BCUT2D eigenvalue weighted by Gasteiger charge is -2.17. The van der Waals surface area contributed by atoms with Gasteiger partial charge in [-0.3, -0.25) is 9.89 Å². The zero-order chi connectivity index (χ0) is 15.7. The van der Waals surface area contributed by atoms with Crippen molar-refractivity contribution >= 4 is 29.9 Å². The minimum atomic E-state index is -4.10. The Morgan fingerprint density at radius 1 is 1.27 bits per heavy atom. The van der Waals surface area contributed by atoms with Crippen molar-refractivity contribution in [2.24, 2.45) is 10.9 Å². The molecule has 0 saturated carbocycles. The molecule has 22 heavy (non-hydrogen) atoms. The Hall–Kier alpha value is -0.250. The number of likely N-dealkylation sites (tertiary alicyclic amines) is 1. The summed E-state index contributed by atoms with van der Waals surface area (Å²) in [7, 11) is 0. The zero-order valence-electron chi connectivity index (χ0n) is 13.4. The van der Waals surface area contributed by atoms with Gasteiger partial charge in [-0.15, -0.1) is 24.0 Å². The molecule has 1 aliphatic heterocycles. The fraction of sp³-hybridized carbons (Fsp3) is 0.929. The molecule has 132 valence electrons. The van der Waals surface area contributed by atoms with Crippen LogP contribution in [0.5, 0.6) is 0 Å². The summed E-state index contributed by atoms with van der Waals surface area (Å²) in [5.74, 6) is 0.981. The molecule has 1 saturated heterocycles. The lowest BCUT2D eigenvalue weighted by Crippen LogP contribution is -2.38. The van der Waals surface area contributed by atoms with E-state index >= 15 is 0 Å². The highest BCUT2D eigenvalue weighted by molar-refractivity contribution is 14.0. The van der Waals surface area contributed by atoms with Gasteiger partial charge in [0.05, 0.1) is 6.54 Å². The summed E-state index contributed by atoms with van der Waals surface area (Å²) < 4.78 is 37.0. The highest BCUT2D eigenvalue weighted by atomic mass is 127. The average Bonchev–Trinajstić information content (AvgIpc) is 2.81. The molecular formula is C14H28F3IN4. The molecule has 1 aliphatic rings. The summed E-state index contributed by atoms with van der Waals surface area (Å²) in [6.45, 7) is 6.54. The number of unbranched alkanes of at least 4 members (excludes halogenated alkanes) is 1. The molecule has 0 spiro atoms. The van der Waals surface area contributed by atoms with Gasteiger partial charge >= 0.3 is 6.18 Å². The molecule has 0 amide bonds. The number of hydrogen-bond donors (Lipinski definition) is 2. The van der Waals surface area contributed by atoms with Gasteiger partial charge in [0.15, 0.2) is 5.96 Å². The third kappa shape index (κ3) is 9.70. The van der Waals surface area contributed by atoms with Crippen LogP contribution in [0.3, 0.4) is 0 Å². The number of hydrogen-bond acceptors (Lipinski definition) is 2. The summed E-state index contributed by atoms with van der Waals surface area (Å²) in [6.07, 6.45) is -1.13. The number of nitrogens with one attached hydrogen (secondary N) is 2. The summed E-state index contributed by atoms with van der Waals surface area (Å²) >= 11 is 0. The van der Waals surface area contributed by atoms with Gasteiger partial charge in [0.1, 0.15) is 0 Å². The van der Waals surface area contributed by atoms with Crippen LogP contribution >= 0.6 is 24.0 Å². The number of guanidine groups is 1. The number of nitrogens with zero attached hydrogens (tertiary/aromatic N) is 2. The normalized spacial score (nSPS) is 19.9. The molecule has 0 aromatic carbocycles. The molecule has 1 unspecified atom stereocenters. The fourth-order valence-electron chi connectivity index (χ4n) is 2.40. The Morgan fingerprint density at radius 3 is 2.59 bits per heavy atom. The fourth-order valence-corrected chi connectivity index (χ4v) is 2.40. The molecule has 0 aromatic heterocycles. The lowest BCUT2D eigenvalue weighted by molar-refractivity contribution is -0.143. The summed E-state index contributed by atoms with van der Waals surface area (Å²) in [5, 5.41) is 6.40. The van der Waals surface area contributed by atoms with Crippen molar-refractivity contribution in [1.29, 1.82) is 0 Å². The molecule has 1 rings (SSSR count). The molecule has 1 heterocycles. The standard InChI is InChI=1S/C14H27F3N4.HI/c1-3-5-7-19-13(18-4-2)20-9-12-6-8-21(10-12)11-14(15,16)17;/h12H,3-11H2,1-2H3,(H2,18,19,20);1H. The van der Waals surface area contributed by atoms with Crippen LogP contribution < -0.4 is 10.6 Å². The van der Waals surface area contributed by atoms with Crippen molar-refractivity contribution in [1.82, 2.24) is 15.5 Å². The van der Waals surface area contributed by atoms with Crippen LogP contribution in [0.4, 0.5) is 13.2 Å². The highest BCUT2D eigenvalue weighted by Crippen LogP contribution is 2.22. The van der Waals surface area contributed by atoms with Crippen molar-refractivity contribution in [3.8, 4) is 0 Å². The Kier molecular flexibility index (Phi) is 11.2. The predicted octanol–water partition coefficient (Wildman–Crippen LogP) is 2.84. The molecule has 8 heteroatoms. The second-order valence-electron chi connectivity index (χ2n) is 5.50. The van der Waals surface area contributed by atoms with Gasteiger partial charge in [0.25, 0.3) is 0 Å². The van der Waals surface area contributed by atoms with E-state index in [1.807, 2.05) is 6.92 Å².